The number of hydrogen-bond acceptors (Lipinski definition) is 6. The Hall–Kier alpha value is -3.61. The number of carbonyl (C=O) groups excluding carboxylic acids is 1. The first-order valence-corrected chi connectivity index (χ1v) is 9.47. The molecule has 7 nitrogen and oxygen atoms in total. The molecule has 3 heterocycles. The van der Waals surface area contributed by atoms with E-state index in [0.29, 0.717) is 23.9 Å². The van der Waals surface area contributed by atoms with Crippen LogP contribution in [0.1, 0.15) is 11.1 Å². The maximum Gasteiger partial charge on any atom is 0.231 e. The molecule has 0 saturated heterocycles. The van der Waals surface area contributed by atoms with E-state index in [0.717, 1.165) is 28.9 Å². The third kappa shape index (κ3) is 3.59. The monoisotopic (exact) mass is 389 g/mol. The average Bonchev–Trinajstić information content (AvgIpc) is 3.38. The number of amides is 1. The van der Waals surface area contributed by atoms with Crippen molar-refractivity contribution < 1.29 is 19.0 Å². The Morgan fingerprint density at radius 2 is 1.93 bits per heavy atom. The van der Waals surface area contributed by atoms with Crippen LogP contribution in [0.4, 0.5) is 0 Å². The summed E-state index contributed by atoms with van der Waals surface area (Å²) in [5, 5.41) is 2.97. The molecule has 0 unspecified atom stereocenters. The van der Waals surface area contributed by atoms with Crippen molar-refractivity contribution in [2.24, 2.45) is 0 Å². The first kappa shape index (κ1) is 17.5. The minimum absolute atomic E-state index is 0.0602. The van der Waals surface area contributed by atoms with Crippen LogP contribution in [0.5, 0.6) is 17.2 Å². The quantitative estimate of drug-likeness (QED) is 0.722. The van der Waals surface area contributed by atoms with Gasteiger partial charge in [-0.2, -0.15) is 0 Å². The van der Waals surface area contributed by atoms with Gasteiger partial charge in [-0.25, -0.2) is 9.97 Å². The number of benzene rings is 2. The molecule has 0 radical (unpaired) electrons. The largest absolute Gasteiger partial charge is 0.487 e. The summed E-state index contributed by atoms with van der Waals surface area (Å²) < 4.78 is 16.8. The second-order valence-corrected chi connectivity index (χ2v) is 6.98. The molecule has 1 N–H and O–H groups in total. The Bertz CT molecular complexity index is 1060. The van der Waals surface area contributed by atoms with Crippen LogP contribution in [-0.2, 0) is 17.6 Å². The highest BCUT2D eigenvalue weighted by Crippen LogP contribution is 2.37. The number of ether oxygens (including phenoxy) is 3. The normalized spacial score (nSPS) is 16.2. The summed E-state index contributed by atoms with van der Waals surface area (Å²) in [6.45, 7) is 0.660. The molecule has 1 aromatic heterocycles. The number of carbonyl (C=O) groups is 1. The van der Waals surface area contributed by atoms with Gasteiger partial charge >= 0.3 is 0 Å². The highest BCUT2D eigenvalue weighted by atomic mass is 16.7. The SMILES string of the molecule is O=C(Cc1ccc2c(c1)OCO2)NC[C@@H]1Cc2cccc(-c3ncccn3)c2O1. The Morgan fingerprint density at radius 3 is 2.83 bits per heavy atom. The maximum atomic E-state index is 12.4. The molecule has 2 aliphatic heterocycles. The molecule has 2 aliphatic rings. The molecule has 3 aromatic rings. The van der Waals surface area contributed by atoms with E-state index in [1.165, 1.54) is 0 Å². The topological polar surface area (TPSA) is 82.6 Å². The zero-order valence-electron chi connectivity index (χ0n) is 15.6. The van der Waals surface area contributed by atoms with Gasteiger partial charge in [0.15, 0.2) is 17.3 Å². The van der Waals surface area contributed by atoms with Crippen molar-refractivity contribution in [2.75, 3.05) is 13.3 Å². The number of para-hydroxylation sites is 1. The molecule has 2 aromatic carbocycles. The predicted molar refractivity (Wildman–Crippen MR) is 105 cm³/mol. The van der Waals surface area contributed by atoms with Crippen LogP contribution in [0.3, 0.4) is 0 Å². The van der Waals surface area contributed by atoms with E-state index >= 15 is 0 Å². The number of fused-ring (bicyclic) bond motifs is 2. The van der Waals surface area contributed by atoms with Crippen LogP contribution in [-0.4, -0.2) is 35.3 Å². The molecule has 0 saturated carbocycles. The van der Waals surface area contributed by atoms with E-state index in [1.807, 2.05) is 36.4 Å². The minimum atomic E-state index is -0.115. The molecule has 0 bridgehead atoms. The van der Waals surface area contributed by atoms with Crippen molar-refractivity contribution in [3.63, 3.8) is 0 Å². The van der Waals surface area contributed by atoms with E-state index < -0.39 is 0 Å². The molecular formula is C22H19N3O4. The highest BCUT2D eigenvalue weighted by Gasteiger charge is 2.26. The Kier molecular flexibility index (Phi) is 4.48. The molecule has 7 heteroatoms. The van der Waals surface area contributed by atoms with Gasteiger partial charge in [0.05, 0.1) is 18.5 Å². The Balaban J connectivity index is 1.20. The third-order valence-electron chi connectivity index (χ3n) is 4.96. The summed E-state index contributed by atoms with van der Waals surface area (Å²) in [7, 11) is 0. The summed E-state index contributed by atoms with van der Waals surface area (Å²) in [6.07, 6.45) is 4.32. The summed E-state index contributed by atoms with van der Waals surface area (Å²) in [5.41, 5.74) is 2.85. The summed E-state index contributed by atoms with van der Waals surface area (Å²) >= 11 is 0. The molecule has 1 amide bonds. The standard InChI is InChI=1S/C22H19N3O4/c26-20(10-14-5-6-18-19(9-14)28-13-27-18)25-12-16-11-15-3-1-4-17(21(15)29-16)22-23-7-2-8-24-22/h1-9,16H,10-13H2,(H,25,26)/t16-/m0/s1. The van der Waals surface area contributed by atoms with Crippen molar-refractivity contribution in [1.82, 2.24) is 15.3 Å². The van der Waals surface area contributed by atoms with Crippen LogP contribution in [0.15, 0.2) is 54.9 Å². The molecule has 0 spiro atoms. The molecule has 146 valence electrons. The lowest BCUT2D eigenvalue weighted by Crippen LogP contribution is -2.35. The molecule has 29 heavy (non-hydrogen) atoms. The van der Waals surface area contributed by atoms with Gasteiger partial charge in [-0.05, 0) is 35.4 Å². The van der Waals surface area contributed by atoms with E-state index in [4.69, 9.17) is 14.2 Å². The Labute approximate surface area is 167 Å². The van der Waals surface area contributed by atoms with Crippen LogP contribution >= 0.6 is 0 Å². The fraction of sp³-hybridized carbons (Fsp3) is 0.227. The average molecular weight is 389 g/mol. The smallest absolute Gasteiger partial charge is 0.231 e. The number of nitrogens with one attached hydrogen (secondary N) is 1. The fourth-order valence-corrected chi connectivity index (χ4v) is 3.59. The fourth-order valence-electron chi connectivity index (χ4n) is 3.59. The van der Waals surface area contributed by atoms with Gasteiger partial charge in [0.2, 0.25) is 12.7 Å². The lowest BCUT2D eigenvalue weighted by Gasteiger charge is -2.13. The first-order chi connectivity index (χ1) is 14.3. The Morgan fingerprint density at radius 1 is 1.07 bits per heavy atom. The van der Waals surface area contributed by atoms with E-state index in [1.54, 1.807) is 18.5 Å². The van der Waals surface area contributed by atoms with E-state index in [2.05, 4.69) is 15.3 Å². The van der Waals surface area contributed by atoms with Gasteiger partial charge in [-0.3, -0.25) is 4.79 Å². The zero-order valence-corrected chi connectivity index (χ0v) is 15.6. The van der Waals surface area contributed by atoms with Crippen LogP contribution in [0.2, 0.25) is 0 Å². The second kappa shape index (κ2) is 7.43. The number of hydrogen-bond donors (Lipinski definition) is 1. The zero-order chi connectivity index (χ0) is 19.6. The van der Waals surface area contributed by atoms with Crippen LogP contribution in [0, 0.1) is 0 Å². The highest BCUT2D eigenvalue weighted by molar-refractivity contribution is 5.79. The van der Waals surface area contributed by atoms with Crippen molar-refractivity contribution >= 4 is 5.91 Å². The lowest BCUT2D eigenvalue weighted by molar-refractivity contribution is -0.120. The van der Waals surface area contributed by atoms with E-state index in [9.17, 15) is 4.79 Å². The summed E-state index contributed by atoms with van der Waals surface area (Å²) in [6, 6.07) is 13.3. The molecule has 0 fully saturated rings. The van der Waals surface area contributed by atoms with E-state index in [-0.39, 0.29) is 25.2 Å². The molecule has 5 rings (SSSR count). The first-order valence-electron chi connectivity index (χ1n) is 9.47. The van der Waals surface area contributed by atoms with Crippen molar-refractivity contribution in [3.8, 4) is 28.6 Å². The van der Waals surface area contributed by atoms with Crippen molar-refractivity contribution in [2.45, 2.75) is 18.9 Å². The van der Waals surface area contributed by atoms with Crippen LogP contribution in [0.25, 0.3) is 11.4 Å². The van der Waals surface area contributed by atoms with Gasteiger partial charge in [-0.1, -0.05) is 18.2 Å². The van der Waals surface area contributed by atoms with Gasteiger partial charge in [-0.15, -0.1) is 0 Å². The summed E-state index contributed by atoms with van der Waals surface area (Å²) in [4.78, 5) is 21.0. The molecule has 1 atom stereocenters. The predicted octanol–water partition coefficient (Wildman–Crippen LogP) is 2.53. The number of rotatable bonds is 5. The number of aromatic nitrogens is 2. The van der Waals surface area contributed by atoms with Gasteiger partial charge in [0.25, 0.3) is 0 Å². The van der Waals surface area contributed by atoms with Crippen LogP contribution < -0.4 is 19.5 Å². The van der Waals surface area contributed by atoms with Gasteiger partial charge in [0.1, 0.15) is 11.9 Å². The minimum Gasteiger partial charge on any atom is -0.487 e. The number of nitrogens with zero attached hydrogens (tertiary/aromatic N) is 2. The van der Waals surface area contributed by atoms with Gasteiger partial charge < -0.3 is 19.5 Å². The third-order valence-corrected chi connectivity index (χ3v) is 4.96. The second-order valence-electron chi connectivity index (χ2n) is 6.98. The van der Waals surface area contributed by atoms with Crippen molar-refractivity contribution in [1.29, 1.82) is 0 Å². The summed E-state index contributed by atoms with van der Waals surface area (Å²) in [5.74, 6) is 2.77. The van der Waals surface area contributed by atoms with Gasteiger partial charge in [0, 0.05) is 18.8 Å². The van der Waals surface area contributed by atoms with Crippen molar-refractivity contribution in [3.05, 3.63) is 66.0 Å². The maximum absolute atomic E-state index is 12.4. The molecule has 0 aliphatic carbocycles. The molecular weight excluding hydrogens is 370 g/mol. The lowest BCUT2D eigenvalue weighted by atomic mass is 10.1.